The van der Waals surface area contributed by atoms with Gasteiger partial charge in [-0.05, 0) is 55.4 Å². The van der Waals surface area contributed by atoms with Crippen LogP contribution in [0.5, 0.6) is 0 Å². The minimum Gasteiger partial charge on any atom is -0.444 e. The molecule has 0 aromatic rings. The number of alkyl carbamates (subject to hydrolysis) is 1. The largest absolute Gasteiger partial charge is 0.444 e. The van der Waals surface area contributed by atoms with Crippen LogP contribution in [0.3, 0.4) is 0 Å². The van der Waals surface area contributed by atoms with Gasteiger partial charge in [0.2, 0.25) is 0 Å². The molecule has 6 nitrogen and oxygen atoms in total. The van der Waals surface area contributed by atoms with E-state index >= 15 is 0 Å². The standard InChI is InChI=1S/C16H33NO5S/c1-14(2,3)21-12(19)10-23-16(7,8)11(9-18)17-13(20)22-15(4,5)6/h11-12,18-19H,9-10H2,1-8H3,(H,17,20). The molecule has 0 aliphatic carbocycles. The average molecular weight is 352 g/mol. The van der Waals surface area contributed by atoms with E-state index in [1.54, 1.807) is 20.8 Å². The van der Waals surface area contributed by atoms with Gasteiger partial charge in [0.25, 0.3) is 0 Å². The SMILES string of the molecule is CC(C)(C)OC(=O)NC(CO)C(C)(C)SCC(O)OC(C)(C)C. The maximum Gasteiger partial charge on any atom is 0.407 e. The number of thioether (sulfide) groups is 1. The molecule has 0 bridgehead atoms. The van der Waals surface area contributed by atoms with Gasteiger partial charge in [-0.25, -0.2) is 4.79 Å². The van der Waals surface area contributed by atoms with Crippen molar-refractivity contribution >= 4 is 17.9 Å². The molecule has 0 fully saturated rings. The maximum absolute atomic E-state index is 11.9. The lowest BCUT2D eigenvalue weighted by Gasteiger charge is -2.35. The van der Waals surface area contributed by atoms with Crippen LogP contribution in [-0.2, 0) is 9.47 Å². The molecule has 2 atom stereocenters. The summed E-state index contributed by atoms with van der Waals surface area (Å²) in [6.45, 7) is 14.5. The lowest BCUT2D eigenvalue weighted by molar-refractivity contribution is -0.151. The summed E-state index contributed by atoms with van der Waals surface area (Å²) in [5.41, 5.74) is -1.03. The van der Waals surface area contributed by atoms with Crippen LogP contribution in [-0.4, -0.2) is 56.9 Å². The summed E-state index contributed by atoms with van der Waals surface area (Å²) in [6, 6.07) is -0.510. The van der Waals surface area contributed by atoms with Gasteiger partial charge < -0.3 is 25.0 Å². The fourth-order valence-corrected chi connectivity index (χ4v) is 2.69. The molecular weight excluding hydrogens is 318 g/mol. The van der Waals surface area contributed by atoms with Gasteiger partial charge >= 0.3 is 6.09 Å². The Hall–Kier alpha value is -0.500. The molecule has 3 N–H and O–H groups in total. The summed E-state index contributed by atoms with van der Waals surface area (Å²) >= 11 is 1.41. The summed E-state index contributed by atoms with van der Waals surface area (Å²) in [7, 11) is 0. The molecule has 23 heavy (non-hydrogen) atoms. The third kappa shape index (κ3) is 10.8. The van der Waals surface area contributed by atoms with Gasteiger partial charge in [-0.15, -0.1) is 11.8 Å². The molecule has 1 amide bonds. The molecule has 138 valence electrons. The van der Waals surface area contributed by atoms with Crippen molar-refractivity contribution in [1.29, 1.82) is 0 Å². The molecule has 0 spiro atoms. The third-order valence-electron chi connectivity index (χ3n) is 2.80. The number of carbonyl (C=O) groups is 1. The van der Waals surface area contributed by atoms with E-state index < -0.39 is 34.4 Å². The highest BCUT2D eigenvalue weighted by Gasteiger charge is 2.33. The highest BCUT2D eigenvalue weighted by atomic mass is 32.2. The van der Waals surface area contributed by atoms with Crippen molar-refractivity contribution in [2.24, 2.45) is 0 Å². The van der Waals surface area contributed by atoms with E-state index in [4.69, 9.17) is 9.47 Å². The second kappa shape index (κ2) is 8.55. The predicted octanol–water partition coefficient (Wildman–Crippen LogP) is 2.52. The van der Waals surface area contributed by atoms with Crippen molar-refractivity contribution in [2.45, 2.75) is 83.7 Å². The number of hydrogen-bond acceptors (Lipinski definition) is 6. The number of aliphatic hydroxyl groups is 2. The normalized spacial score (nSPS) is 15.9. The van der Waals surface area contributed by atoms with Gasteiger partial charge in [0, 0.05) is 10.5 Å². The molecule has 7 heteroatoms. The molecule has 0 rings (SSSR count). The monoisotopic (exact) mass is 351 g/mol. The molecule has 0 aromatic heterocycles. The van der Waals surface area contributed by atoms with Crippen LogP contribution in [0.15, 0.2) is 0 Å². The number of rotatable bonds is 7. The summed E-state index contributed by atoms with van der Waals surface area (Å²) in [4.78, 5) is 11.9. The van der Waals surface area contributed by atoms with Crippen molar-refractivity contribution in [2.75, 3.05) is 12.4 Å². The van der Waals surface area contributed by atoms with E-state index in [-0.39, 0.29) is 6.61 Å². The van der Waals surface area contributed by atoms with E-state index in [2.05, 4.69) is 5.32 Å². The summed E-state index contributed by atoms with van der Waals surface area (Å²) in [6.07, 6.45) is -1.49. The van der Waals surface area contributed by atoms with E-state index in [0.29, 0.717) is 5.75 Å². The zero-order valence-corrected chi connectivity index (χ0v) is 16.4. The first kappa shape index (κ1) is 22.5. The zero-order chi connectivity index (χ0) is 18.5. The number of nitrogens with one attached hydrogen (secondary N) is 1. The number of carbonyl (C=O) groups excluding carboxylic acids is 1. The molecule has 0 aliphatic heterocycles. The van der Waals surface area contributed by atoms with Crippen LogP contribution in [0, 0.1) is 0 Å². The number of amides is 1. The lowest BCUT2D eigenvalue weighted by atomic mass is 10.0. The number of hydrogen-bond donors (Lipinski definition) is 3. The first-order chi connectivity index (χ1) is 10.2. The van der Waals surface area contributed by atoms with E-state index in [1.807, 2.05) is 34.6 Å². The van der Waals surface area contributed by atoms with Crippen LogP contribution < -0.4 is 5.32 Å². The molecular formula is C16H33NO5S. The van der Waals surface area contributed by atoms with Crippen molar-refractivity contribution in [3.63, 3.8) is 0 Å². The smallest absolute Gasteiger partial charge is 0.407 e. The Labute approximate surface area is 144 Å². The number of ether oxygens (including phenoxy) is 2. The van der Waals surface area contributed by atoms with Gasteiger partial charge in [-0.3, -0.25) is 0 Å². The molecule has 0 heterocycles. The maximum atomic E-state index is 11.9. The second-order valence-electron chi connectivity index (χ2n) is 7.98. The van der Waals surface area contributed by atoms with Gasteiger partial charge in [0.15, 0.2) is 6.29 Å². The predicted molar refractivity (Wildman–Crippen MR) is 93.6 cm³/mol. The average Bonchev–Trinajstić information content (AvgIpc) is 2.29. The fourth-order valence-electron chi connectivity index (χ4n) is 1.72. The topological polar surface area (TPSA) is 88.0 Å². The lowest BCUT2D eigenvalue weighted by Crippen LogP contribution is -2.51. The van der Waals surface area contributed by atoms with Crippen LogP contribution in [0.1, 0.15) is 55.4 Å². The van der Waals surface area contributed by atoms with Crippen LogP contribution >= 0.6 is 11.8 Å². The van der Waals surface area contributed by atoms with Gasteiger partial charge in [0.1, 0.15) is 5.60 Å². The Balaban J connectivity index is 4.59. The van der Waals surface area contributed by atoms with E-state index in [9.17, 15) is 15.0 Å². The van der Waals surface area contributed by atoms with Crippen molar-refractivity contribution in [1.82, 2.24) is 5.32 Å². The quantitative estimate of drug-likeness (QED) is 0.611. The fraction of sp³-hybridized carbons (Fsp3) is 0.938. The summed E-state index contributed by atoms with van der Waals surface area (Å²) in [5.74, 6) is 0.330. The van der Waals surface area contributed by atoms with Gasteiger partial charge in [0.05, 0.1) is 18.2 Å². The highest BCUT2D eigenvalue weighted by Crippen LogP contribution is 2.30. The summed E-state index contributed by atoms with van der Waals surface area (Å²) in [5, 5.41) is 22.2. The second-order valence-corrected chi connectivity index (χ2v) is 9.65. The molecule has 0 saturated heterocycles. The van der Waals surface area contributed by atoms with E-state index in [0.717, 1.165) is 0 Å². The van der Waals surface area contributed by atoms with Crippen molar-refractivity contribution in [3.8, 4) is 0 Å². The Morgan fingerprint density at radius 2 is 1.61 bits per heavy atom. The molecule has 0 aliphatic rings. The van der Waals surface area contributed by atoms with Crippen LogP contribution in [0.25, 0.3) is 0 Å². The van der Waals surface area contributed by atoms with Crippen LogP contribution in [0.2, 0.25) is 0 Å². The minimum atomic E-state index is -0.917. The zero-order valence-electron chi connectivity index (χ0n) is 15.6. The minimum absolute atomic E-state index is 0.227. The molecule has 0 aromatic carbocycles. The molecule has 2 unspecified atom stereocenters. The Bertz CT molecular complexity index is 374. The highest BCUT2D eigenvalue weighted by molar-refractivity contribution is 8.00. The first-order valence-corrected chi connectivity index (χ1v) is 8.75. The van der Waals surface area contributed by atoms with Gasteiger partial charge in [-0.1, -0.05) is 0 Å². The molecule has 0 radical (unpaired) electrons. The van der Waals surface area contributed by atoms with Crippen molar-refractivity contribution < 1.29 is 24.5 Å². The van der Waals surface area contributed by atoms with Crippen molar-refractivity contribution in [3.05, 3.63) is 0 Å². The van der Waals surface area contributed by atoms with Gasteiger partial charge in [-0.2, -0.15) is 0 Å². The Morgan fingerprint density at radius 1 is 1.09 bits per heavy atom. The Morgan fingerprint density at radius 3 is 2.00 bits per heavy atom. The third-order valence-corrected chi connectivity index (χ3v) is 4.28. The van der Waals surface area contributed by atoms with Crippen LogP contribution in [0.4, 0.5) is 4.79 Å². The first-order valence-electron chi connectivity index (χ1n) is 7.76. The Kier molecular flexibility index (Phi) is 8.37. The van der Waals surface area contributed by atoms with E-state index in [1.165, 1.54) is 11.8 Å². The number of aliphatic hydroxyl groups excluding tert-OH is 2. The molecule has 0 saturated carbocycles. The summed E-state index contributed by atoms with van der Waals surface area (Å²) < 4.78 is 10.2.